The predicted octanol–water partition coefficient (Wildman–Crippen LogP) is 2.79. The normalized spacial score (nSPS) is 10.4. The summed E-state index contributed by atoms with van der Waals surface area (Å²) in [5.41, 5.74) is 2.98. The second-order valence-electron chi connectivity index (χ2n) is 3.65. The molecule has 2 rings (SSSR count). The van der Waals surface area contributed by atoms with Crippen molar-refractivity contribution >= 4 is 5.82 Å². The van der Waals surface area contributed by atoms with Crippen molar-refractivity contribution in [2.75, 3.05) is 11.9 Å². The first kappa shape index (κ1) is 10.7. The summed E-state index contributed by atoms with van der Waals surface area (Å²) in [5, 5.41) is 3.24. The first-order valence-corrected chi connectivity index (χ1v) is 5.34. The second-order valence-corrected chi connectivity index (χ2v) is 3.65. The first-order chi connectivity index (χ1) is 7.72. The molecule has 2 aromatic heterocycles. The van der Waals surface area contributed by atoms with E-state index in [4.69, 9.17) is 4.42 Å². The van der Waals surface area contributed by atoms with Gasteiger partial charge in [0, 0.05) is 17.8 Å². The fourth-order valence-corrected chi connectivity index (χ4v) is 1.49. The van der Waals surface area contributed by atoms with E-state index in [2.05, 4.69) is 22.2 Å². The zero-order valence-corrected chi connectivity index (χ0v) is 9.74. The van der Waals surface area contributed by atoms with Gasteiger partial charge in [-0.25, -0.2) is 9.97 Å². The first-order valence-electron chi connectivity index (χ1n) is 5.34. The maximum atomic E-state index is 5.04. The van der Waals surface area contributed by atoms with Crippen LogP contribution in [0.1, 0.15) is 18.2 Å². The van der Waals surface area contributed by atoms with Gasteiger partial charge in [0.25, 0.3) is 0 Å². The van der Waals surface area contributed by atoms with Gasteiger partial charge in [0.05, 0.1) is 11.8 Å². The number of hydrogen-bond donors (Lipinski definition) is 1. The molecule has 1 N–H and O–H groups in total. The number of aryl methyl sites for hydroxylation is 1. The Hall–Kier alpha value is -1.84. The van der Waals surface area contributed by atoms with Crippen LogP contribution >= 0.6 is 0 Å². The topological polar surface area (TPSA) is 51.0 Å². The number of furan rings is 1. The van der Waals surface area contributed by atoms with E-state index >= 15 is 0 Å². The Morgan fingerprint density at radius 1 is 1.31 bits per heavy atom. The number of hydrogen-bond acceptors (Lipinski definition) is 4. The van der Waals surface area contributed by atoms with Crippen molar-refractivity contribution in [3.63, 3.8) is 0 Å². The minimum atomic E-state index is 0.702. The van der Waals surface area contributed by atoms with Gasteiger partial charge in [-0.2, -0.15) is 0 Å². The highest BCUT2D eigenvalue weighted by molar-refractivity contribution is 5.58. The lowest BCUT2D eigenvalue weighted by Crippen LogP contribution is -2.05. The van der Waals surface area contributed by atoms with E-state index in [1.807, 2.05) is 19.9 Å². The Morgan fingerprint density at radius 3 is 2.75 bits per heavy atom. The molecule has 0 saturated heterocycles. The van der Waals surface area contributed by atoms with E-state index in [9.17, 15) is 0 Å². The summed E-state index contributed by atoms with van der Waals surface area (Å²) >= 11 is 0. The molecular weight excluding hydrogens is 202 g/mol. The highest BCUT2D eigenvalue weighted by Crippen LogP contribution is 2.21. The molecule has 0 atom stereocenters. The van der Waals surface area contributed by atoms with Gasteiger partial charge >= 0.3 is 0 Å². The van der Waals surface area contributed by atoms with E-state index in [0.717, 1.165) is 29.2 Å². The van der Waals surface area contributed by atoms with Gasteiger partial charge < -0.3 is 9.73 Å². The average molecular weight is 217 g/mol. The quantitative estimate of drug-likeness (QED) is 0.858. The molecule has 16 heavy (non-hydrogen) atoms. The van der Waals surface area contributed by atoms with E-state index < -0.39 is 0 Å². The molecule has 2 heterocycles. The van der Waals surface area contributed by atoms with Gasteiger partial charge in [-0.15, -0.1) is 0 Å². The molecule has 0 spiro atoms. The van der Waals surface area contributed by atoms with Crippen LogP contribution in [0, 0.1) is 13.8 Å². The third kappa shape index (κ3) is 1.91. The molecule has 0 fully saturated rings. The Balaban J connectivity index is 2.48. The van der Waals surface area contributed by atoms with E-state index in [1.165, 1.54) is 0 Å². The maximum absolute atomic E-state index is 5.04. The van der Waals surface area contributed by atoms with E-state index in [0.29, 0.717) is 5.82 Å². The molecule has 4 nitrogen and oxygen atoms in total. The molecule has 0 radical (unpaired) electrons. The van der Waals surface area contributed by atoms with Crippen molar-refractivity contribution in [2.45, 2.75) is 20.8 Å². The van der Waals surface area contributed by atoms with Crippen molar-refractivity contribution in [2.24, 2.45) is 0 Å². The summed E-state index contributed by atoms with van der Waals surface area (Å²) in [7, 11) is 0. The summed E-state index contributed by atoms with van der Waals surface area (Å²) in [6.45, 7) is 6.91. The predicted molar refractivity (Wildman–Crippen MR) is 63.4 cm³/mol. The van der Waals surface area contributed by atoms with Crippen molar-refractivity contribution in [3.05, 3.63) is 29.9 Å². The van der Waals surface area contributed by atoms with Gasteiger partial charge in [0.2, 0.25) is 0 Å². The van der Waals surface area contributed by atoms with E-state index in [1.54, 1.807) is 12.5 Å². The van der Waals surface area contributed by atoms with Crippen LogP contribution in [0.4, 0.5) is 5.82 Å². The van der Waals surface area contributed by atoms with Crippen LogP contribution in [0.15, 0.2) is 23.0 Å². The molecule has 4 heteroatoms. The smallest absolute Gasteiger partial charge is 0.165 e. The number of nitrogens with zero attached hydrogens (tertiary/aromatic N) is 2. The minimum absolute atomic E-state index is 0.702. The van der Waals surface area contributed by atoms with Gasteiger partial charge in [-0.05, 0) is 26.8 Å². The Kier molecular flexibility index (Phi) is 2.90. The summed E-state index contributed by atoms with van der Waals surface area (Å²) in [6.07, 6.45) is 3.28. The highest BCUT2D eigenvalue weighted by Gasteiger charge is 2.09. The van der Waals surface area contributed by atoms with Crippen LogP contribution in [0.5, 0.6) is 0 Å². The summed E-state index contributed by atoms with van der Waals surface area (Å²) < 4.78 is 5.04. The van der Waals surface area contributed by atoms with Gasteiger partial charge in [0.1, 0.15) is 12.1 Å². The van der Waals surface area contributed by atoms with Gasteiger partial charge in [-0.3, -0.25) is 0 Å². The van der Waals surface area contributed by atoms with Crippen LogP contribution in [0.2, 0.25) is 0 Å². The summed E-state index contributed by atoms with van der Waals surface area (Å²) in [5.74, 6) is 1.60. The van der Waals surface area contributed by atoms with Crippen LogP contribution in [-0.4, -0.2) is 16.5 Å². The van der Waals surface area contributed by atoms with Crippen LogP contribution in [0.3, 0.4) is 0 Å². The third-order valence-corrected chi connectivity index (χ3v) is 2.51. The SMILES string of the molecule is CCNc1nc(-c2ccoc2)nc(C)c1C. The summed E-state index contributed by atoms with van der Waals surface area (Å²) in [6, 6.07) is 1.86. The largest absolute Gasteiger partial charge is 0.472 e. The molecule has 0 amide bonds. The van der Waals surface area contributed by atoms with Gasteiger partial charge in [0.15, 0.2) is 5.82 Å². The second kappa shape index (κ2) is 4.35. The Labute approximate surface area is 94.7 Å². The maximum Gasteiger partial charge on any atom is 0.165 e. The number of rotatable bonds is 3. The third-order valence-electron chi connectivity index (χ3n) is 2.51. The monoisotopic (exact) mass is 217 g/mol. The lowest BCUT2D eigenvalue weighted by molar-refractivity contribution is 0.568. The molecule has 0 aliphatic heterocycles. The van der Waals surface area contributed by atoms with E-state index in [-0.39, 0.29) is 0 Å². The molecule has 0 aromatic carbocycles. The van der Waals surface area contributed by atoms with Crippen molar-refractivity contribution in [1.29, 1.82) is 0 Å². The lowest BCUT2D eigenvalue weighted by Gasteiger charge is -2.10. The van der Waals surface area contributed by atoms with Crippen molar-refractivity contribution in [3.8, 4) is 11.4 Å². The molecule has 2 aromatic rings. The molecular formula is C12H15N3O. The zero-order valence-electron chi connectivity index (χ0n) is 9.74. The molecule has 0 unspecified atom stereocenters. The van der Waals surface area contributed by atoms with Crippen LogP contribution in [0.25, 0.3) is 11.4 Å². The molecule has 0 bridgehead atoms. The number of aromatic nitrogens is 2. The number of nitrogens with one attached hydrogen (secondary N) is 1. The summed E-state index contributed by atoms with van der Waals surface area (Å²) in [4.78, 5) is 8.93. The lowest BCUT2D eigenvalue weighted by atomic mass is 10.2. The minimum Gasteiger partial charge on any atom is -0.472 e. The molecule has 0 saturated carbocycles. The molecule has 0 aliphatic rings. The average Bonchev–Trinajstić information content (AvgIpc) is 2.78. The standard InChI is InChI=1S/C12H15N3O/c1-4-13-11-8(2)9(3)14-12(15-11)10-5-6-16-7-10/h5-7H,4H2,1-3H3,(H,13,14,15). The zero-order chi connectivity index (χ0) is 11.5. The fourth-order valence-electron chi connectivity index (χ4n) is 1.49. The highest BCUT2D eigenvalue weighted by atomic mass is 16.3. The number of anilines is 1. The fraction of sp³-hybridized carbons (Fsp3) is 0.333. The van der Waals surface area contributed by atoms with Crippen LogP contribution in [-0.2, 0) is 0 Å². The van der Waals surface area contributed by atoms with Crippen molar-refractivity contribution in [1.82, 2.24) is 9.97 Å². The van der Waals surface area contributed by atoms with Crippen molar-refractivity contribution < 1.29 is 4.42 Å². The van der Waals surface area contributed by atoms with Crippen LogP contribution < -0.4 is 5.32 Å². The molecule has 0 aliphatic carbocycles. The Bertz CT molecular complexity index is 477. The Morgan fingerprint density at radius 2 is 2.12 bits per heavy atom. The van der Waals surface area contributed by atoms with Gasteiger partial charge in [-0.1, -0.05) is 0 Å². The molecule has 84 valence electrons.